The molecular formula is C26H36N8O2. The molecule has 2 aliphatic rings. The molecule has 0 radical (unpaired) electrons. The molecule has 5 rings (SSSR count). The Labute approximate surface area is 211 Å². The molecule has 1 unspecified atom stereocenters. The molecule has 3 aromatic heterocycles. The van der Waals surface area contributed by atoms with Crippen LogP contribution in [0.1, 0.15) is 56.7 Å². The highest BCUT2D eigenvalue weighted by molar-refractivity contribution is 5.86. The van der Waals surface area contributed by atoms with Crippen LogP contribution in [0.5, 0.6) is 5.75 Å². The molecule has 10 heteroatoms. The van der Waals surface area contributed by atoms with Gasteiger partial charge in [0.1, 0.15) is 22.5 Å². The maximum absolute atomic E-state index is 9.49. The van der Waals surface area contributed by atoms with Gasteiger partial charge < -0.3 is 26.2 Å². The lowest BCUT2D eigenvalue weighted by Gasteiger charge is -2.43. The number of nitrogens with two attached hydrogens (primary N) is 1. The first-order valence-electron chi connectivity index (χ1n) is 12.9. The summed E-state index contributed by atoms with van der Waals surface area (Å²) in [6, 6.07) is 2.16. The van der Waals surface area contributed by atoms with E-state index in [-0.39, 0.29) is 18.6 Å². The fourth-order valence-electron chi connectivity index (χ4n) is 5.46. The number of ether oxygens (including phenoxy) is 1. The van der Waals surface area contributed by atoms with Gasteiger partial charge >= 0.3 is 0 Å². The number of nitrogens with one attached hydrogen (secondary N) is 2. The van der Waals surface area contributed by atoms with Crippen molar-refractivity contribution < 1.29 is 9.84 Å². The van der Waals surface area contributed by atoms with Crippen molar-refractivity contribution in [2.45, 2.75) is 58.0 Å². The molecule has 1 aliphatic heterocycles. The number of rotatable bonds is 10. The highest BCUT2D eigenvalue weighted by Gasteiger charge is 2.38. The molecule has 0 amide bonds. The summed E-state index contributed by atoms with van der Waals surface area (Å²) >= 11 is 0. The highest BCUT2D eigenvalue weighted by Crippen LogP contribution is 2.50. The predicted molar refractivity (Wildman–Crippen MR) is 141 cm³/mol. The van der Waals surface area contributed by atoms with E-state index in [4.69, 9.17) is 15.5 Å². The zero-order chi connectivity index (χ0) is 25.1. The van der Waals surface area contributed by atoms with Crippen molar-refractivity contribution in [1.82, 2.24) is 30.0 Å². The third kappa shape index (κ3) is 4.87. The number of allylic oxidation sites excluding steroid dienone is 2. The van der Waals surface area contributed by atoms with Crippen LogP contribution in [0.25, 0.3) is 16.6 Å². The van der Waals surface area contributed by atoms with Crippen LogP contribution in [0.4, 0.5) is 11.8 Å². The van der Waals surface area contributed by atoms with Crippen molar-refractivity contribution >= 4 is 28.4 Å². The first kappa shape index (κ1) is 24.5. The van der Waals surface area contributed by atoms with Crippen molar-refractivity contribution in [3.8, 4) is 5.75 Å². The summed E-state index contributed by atoms with van der Waals surface area (Å²) in [6.45, 7) is 4.80. The largest absolute Gasteiger partial charge is 0.495 e. The highest BCUT2D eigenvalue weighted by atomic mass is 16.5. The molecule has 0 aromatic carbocycles. The molecule has 1 fully saturated rings. The minimum absolute atomic E-state index is 0.0757. The second-order valence-electron chi connectivity index (χ2n) is 9.94. The van der Waals surface area contributed by atoms with E-state index in [0.717, 1.165) is 54.9 Å². The number of aliphatic hydroxyl groups excluding tert-OH is 1. The van der Waals surface area contributed by atoms with Crippen molar-refractivity contribution in [2.24, 2.45) is 5.41 Å². The number of anilines is 2. The van der Waals surface area contributed by atoms with Crippen LogP contribution in [0.3, 0.4) is 0 Å². The molecule has 0 saturated carbocycles. The normalized spacial score (nSPS) is 17.6. The van der Waals surface area contributed by atoms with Crippen molar-refractivity contribution in [3.05, 3.63) is 35.8 Å². The molecule has 5 N–H and O–H groups in total. The summed E-state index contributed by atoms with van der Waals surface area (Å²) in [6.07, 6.45) is 12.1. The summed E-state index contributed by atoms with van der Waals surface area (Å²) in [4.78, 5) is 13.6. The van der Waals surface area contributed by atoms with E-state index in [2.05, 4.69) is 44.8 Å². The van der Waals surface area contributed by atoms with E-state index in [9.17, 15) is 5.11 Å². The number of pyridine rings is 1. The SMILES string of the molecule is CCCC(CCO)Nc1nc(N)nc2cnn(Cc3ncc(C4=CC5(CCNCC5)C4)cc3OC)c12. The number of nitrogen functional groups attached to an aromatic ring is 1. The summed E-state index contributed by atoms with van der Waals surface area (Å²) in [5.74, 6) is 1.53. The minimum atomic E-state index is 0.0757. The van der Waals surface area contributed by atoms with Crippen LogP contribution in [-0.4, -0.2) is 62.7 Å². The Kier molecular flexibility index (Phi) is 7.06. The third-order valence-electron chi connectivity index (χ3n) is 7.40. The van der Waals surface area contributed by atoms with E-state index >= 15 is 0 Å². The van der Waals surface area contributed by atoms with Gasteiger partial charge in [0.05, 0.1) is 19.9 Å². The molecule has 0 bridgehead atoms. The van der Waals surface area contributed by atoms with Crippen LogP contribution in [0.2, 0.25) is 0 Å². The van der Waals surface area contributed by atoms with Gasteiger partial charge in [0.25, 0.3) is 0 Å². The number of hydrogen-bond donors (Lipinski definition) is 4. The standard InChI is InChI=1S/C26H36N8O2/c1-3-4-19(5-10-35)31-24-23-20(32-25(27)33-24)15-30-34(23)16-21-22(36-2)11-17(14-29-21)18-12-26(13-18)6-8-28-9-7-26/h11-12,14-15,19,28,35H,3-10,13,16H2,1-2H3,(H3,27,31,32,33). The van der Waals surface area contributed by atoms with E-state index in [1.165, 1.54) is 18.4 Å². The second kappa shape index (κ2) is 10.4. The van der Waals surface area contributed by atoms with Gasteiger partial charge in [-0.25, -0.2) is 4.98 Å². The Hall–Kier alpha value is -3.24. The van der Waals surface area contributed by atoms with Gasteiger partial charge in [-0.2, -0.15) is 10.1 Å². The quantitative estimate of drug-likeness (QED) is 0.337. The lowest BCUT2D eigenvalue weighted by Crippen LogP contribution is -2.39. The summed E-state index contributed by atoms with van der Waals surface area (Å²) in [5.41, 5.74) is 11.0. The first-order chi connectivity index (χ1) is 17.5. The Bertz CT molecular complexity index is 1240. The molecule has 1 atom stereocenters. The maximum atomic E-state index is 9.49. The van der Waals surface area contributed by atoms with Crippen molar-refractivity contribution in [1.29, 1.82) is 0 Å². The van der Waals surface area contributed by atoms with Crippen LogP contribution < -0.4 is 21.1 Å². The third-order valence-corrected chi connectivity index (χ3v) is 7.40. The summed E-state index contributed by atoms with van der Waals surface area (Å²) in [5, 5.41) is 21.0. The predicted octanol–water partition coefficient (Wildman–Crippen LogP) is 2.98. The number of piperidine rings is 1. The van der Waals surface area contributed by atoms with Crippen LogP contribution in [0, 0.1) is 5.41 Å². The number of fused-ring (bicyclic) bond motifs is 1. The Morgan fingerprint density at radius 2 is 2.06 bits per heavy atom. The topological polar surface area (TPSA) is 136 Å². The van der Waals surface area contributed by atoms with Crippen molar-refractivity contribution in [3.63, 3.8) is 0 Å². The summed E-state index contributed by atoms with van der Waals surface area (Å²) < 4.78 is 7.57. The first-order valence-corrected chi connectivity index (χ1v) is 12.9. The molecule has 10 nitrogen and oxygen atoms in total. The molecule has 1 aliphatic carbocycles. The maximum Gasteiger partial charge on any atom is 0.222 e. The van der Waals surface area contributed by atoms with E-state index in [0.29, 0.717) is 29.7 Å². The van der Waals surface area contributed by atoms with E-state index in [1.807, 2.05) is 10.9 Å². The molecule has 1 saturated heterocycles. The van der Waals surface area contributed by atoms with Crippen LogP contribution >= 0.6 is 0 Å². The van der Waals surface area contributed by atoms with Gasteiger partial charge in [-0.3, -0.25) is 9.67 Å². The lowest BCUT2D eigenvalue weighted by atomic mass is 9.64. The smallest absolute Gasteiger partial charge is 0.222 e. The second-order valence-corrected chi connectivity index (χ2v) is 9.94. The number of nitrogens with zero attached hydrogens (tertiary/aromatic N) is 5. The van der Waals surface area contributed by atoms with Gasteiger partial charge in [0.2, 0.25) is 5.95 Å². The average molecular weight is 493 g/mol. The molecule has 36 heavy (non-hydrogen) atoms. The van der Waals surface area contributed by atoms with Gasteiger partial charge in [-0.1, -0.05) is 19.4 Å². The average Bonchev–Trinajstić information content (AvgIpc) is 3.26. The minimum Gasteiger partial charge on any atom is -0.495 e. The van der Waals surface area contributed by atoms with E-state index < -0.39 is 0 Å². The zero-order valence-electron chi connectivity index (χ0n) is 21.1. The van der Waals surface area contributed by atoms with Crippen molar-refractivity contribution in [2.75, 3.05) is 37.9 Å². The van der Waals surface area contributed by atoms with Gasteiger partial charge in [0.15, 0.2) is 5.82 Å². The molecular weight excluding hydrogens is 456 g/mol. The molecule has 3 aromatic rings. The molecule has 192 valence electrons. The fourth-order valence-corrected chi connectivity index (χ4v) is 5.46. The Morgan fingerprint density at radius 3 is 2.78 bits per heavy atom. The Balaban J connectivity index is 1.42. The number of aliphatic hydroxyl groups is 1. The van der Waals surface area contributed by atoms with Gasteiger partial charge in [0, 0.05) is 18.8 Å². The fraction of sp³-hybridized carbons (Fsp3) is 0.538. The van der Waals surface area contributed by atoms with E-state index in [1.54, 1.807) is 13.3 Å². The summed E-state index contributed by atoms with van der Waals surface area (Å²) in [7, 11) is 1.68. The lowest BCUT2D eigenvalue weighted by molar-refractivity contribution is 0.257. The van der Waals surface area contributed by atoms with Crippen LogP contribution in [0.15, 0.2) is 24.5 Å². The molecule has 1 spiro atoms. The number of aromatic nitrogens is 5. The Morgan fingerprint density at radius 1 is 1.25 bits per heavy atom. The van der Waals surface area contributed by atoms with Gasteiger partial charge in [-0.15, -0.1) is 0 Å². The monoisotopic (exact) mass is 492 g/mol. The van der Waals surface area contributed by atoms with Gasteiger partial charge in [-0.05, 0) is 67.8 Å². The number of methoxy groups -OCH3 is 1. The number of hydrogen-bond acceptors (Lipinski definition) is 9. The van der Waals surface area contributed by atoms with Crippen LogP contribution in [-0.2, 0) is 6.54 Å². The zero-order valence-corrected chi connectivity index (χ0v) is 21.1. The molecule has 4 heterocycles.